The summed E-state index contributed by atoms with van der Waals surface area (Å²) in [6.45, 7) is 2.57. The molecule has 124 valence electrons. The zero-order chi connectivity index (χ0) is 16.9. The van der Waals surface area contributed by atoms with Crippen LogP contribution >= 0.6 is 0 Å². The Kier molecular flexibility index (Phi) is 4.94. The molecule has 3 rings (SSSR count). The first-order valence-corrected chi connectivity index (χ1v) is 8.36. The first kappa shape index (κ1) is 16.2. The Labute approximate surface area is 142 Å². The number of carbonyl (C=O) groups is 2. The van der Waals surface area contributed by atoms with Crippen LogP contribution in [-0.2, 0) is 16.0 Å². The molecule has 0 radical (unpaired) electrons. The zero-order valence-corrected chi connectivity index (χ0v) is 13.8. The van der Waals surface area contributed by atoms with Crippen molar-refractivity contribution in [2.45, 2.75) is 32.1 Å². The van der Waals surface area contributed by atoms with Crippen molar-refractivity contribution in [2.75, 3.05) is 11.9 Å². The van der Waals surface area contributed by atoms with Crippen molar-refractivity contribution in [1.82, 2.24) is 5.32 Å². The van der Waals surface area contributed by atoms with E-state index in [0.29, 0.717) is 19.4 Å². The summed E-state index contributed by atoms with van der Waals surface area (Å²) in [5, 5.41) is 5.82. The Morgan fingerprint density at radius 3 is 2.71 bits per heavy atom. The minimum absolute atomic E-state index is 0.0189. The molecular formula is C20H22N2O2. The average molecular weight is 322 g/mol. The first-order chi connectivity index (χ1) is 11.6. The van der Waals surface area contributed by atoms with Gasteiger partial charge < -0.3 is 10.6 Å². The van der Waals surface area contributed by atoms with Crippen LogP contribution in [0.1, 0.15) is 35.4 Å². The van der Waals surface area contributed by atoms with Gasteiger partial charge in [-0.25, -0.2) is 0 Å². The third kappa shape index (κ3) is 3.65. The van der Waals surface area contributed by atoms with Crippen LogP contribution in [0.2, 0.25) is 0 Å². The van der Waals surface area contributed by atoms with Crippen LogP contribution in [0.5, 0.6) is 0 Å². The quantitative estimate of drug-likeness (QED) is 0.858. The van der Waals surface area contributed by atoms with E-state index in [1.54, 1.807) is 0 Å². The lowest BCUT2D eigenvalue weighted by molar-refractivity contribution is -0.121. The van der Waals surface area contributed by atoms with Crippen LogP contribution in [0, 0.1) is 6.92 Å². The molecule has 0 fully saturated rings. The second-order valence-electron chi connectivity index (χ2n) is 6.19. The molecule has 1 unspecified atom stereocenters. The Hall–Kier alpha value is -2.62. The molecule has 0 aliphatic carbocycles. The molecule has 24 heavy (non-hydrogen) atoms. The summed E-state index contributed by atoms with van der Waals surface area (Å²) in [5.41, 5.74) is 4.33. The topological polar surface area (TPSA) is 58.2 Å². The molecule has 0 saturated carbocycles. The van der Waals surface area contributed by atoms with Crippen LogP contribution in [0.15, 0.2) is 48.5 Å². The summed E-state index contributed by atoms with van der Waals surface area (Å²) < 4.78 is 0. The lowest BCUT2D eigenvalue weighted by Crippen LogP contribution is -2.27. The molecule has 2 aromatic rings. The van der Waals surface area contributed by atoms with Crippen LogP contribution < -0.4 is 10.6 Å². The third-order valence-corrected chi connectivity index (χ3v) is 4.55. The van der Waals surface area contributed by atoms with Crippen LogP contribution in [0.4, 0.5) is 5.69 Å². The molecule has 1 heterocycles. The number of rotatable bonds is 6. The first-order valence-electron chi connectivity index (χ1n) is 8.36. The van der Waals surface area contributed by atoms with Gasteiger partial charge in [-0.2, -0.15) is 0 Å². The van der Waals surface area contributed by atoms with Gasteiger partial charge in [0.1, 0.15) is 0 Å². The van der Waals surface area contributed by atoms with Gasteiger partial charge in [-0.15, -0.1) is 0 Å². The largest absolute Gasteiger partial charge is 0.356 e. The van der Waals surface area contributed by atoms with E-state index in [1.165, 1.54) is 11.1 Å². The summed E-state index contributed by atoms with van der Waals surface area (Å²) in [5.74, 6) is -0.117. The van der Waals surface area contributed by atoms with Crippen LogP contribution in [0.3, 0.4) is 0 Å². The average Bonchev–Trinajstić information content (AvgIpc) is 2.90. The van der Waals surface area contributed by atoms with Gasteiger partial charge in [-0.3, -0.25) is 9.59 Å². The second-order valence-corrected chi connectivity index (χ2v) is 6.19. The van der Waals surface area contributed by atoms with E-state index in [4.69, 9.17) is 0 Å². The van der Waals surface area contributed by atoms with Gasteiger partial charge in [0, 0.05) is 18.7 Å². The highest BCUT2D eigenvalue weighted by molar-refractivity contribution is 6.02. The Balaban J connectivity index is 1.46. The summed E-state index contributed by atoms with van der Waals surface area (Å²) in [4.78, 5) is 24.0. The van der Waals surface area contributed by atoms with Gasteiger partial charge in [-0.05, 0) is 42.5 Å². The SMILES string of the molecule is Cc1ccccc1CCC(=O)NCCC1C(=O)Nc2ccccc21. The van der Waals surface area contributed by atoms with E-state index in [2.05, 4.69) is 29.7 Å². The molecule has 1 aliphatic rings. The summed E-state index contributed by atoms with van der Waals surface area (Å²) >= 11 is 0. The molecule has 0 aromatic heterocycles. The van der Waals surface area contributed by atoms with Crippen molar-refractivity contribution in [2.24, 2.45) is 0 Å². The van der Waals surface area contributed by atoms with Crippen molar-refractivity contribution in [1.29, 1.82) is 0 Å². The van der Waals surface area contributed by atoms with E-state index in [1.807, 2.05) is 36.4 Å². The maximum Gasteiger partial charge on any atom is 0.232 e. The van der Waals surface area contributed by atoms with Crippen molar-refractivity contribution in [3.8, 4) is 0 Å². The number of hydrogen-bond acceptors (Lipinski definition) is 2. The number of nitrogens with one attached hydrogen (secondary N) is 2. The van der Waals surface area contributed by atoms with Gasteiger partial charge >= 0.3 is 0 Å². The molecule has 4 heteroatoms. The fraction of sp³-hybridized carbons (Fsp3) is 0.300. The summed E-state index contributed by atoms with van der Waals surface area (Å²) in [6, 6.07) is 15.8. The monoisotopic (exact) mass is 322 g/mol. The lowest BCUT2D eigenvalue weighted by Gasteiger charge is -2.10. The molecule has 0 saturated heterocycles. The molecule has 4 nitrogen and oxygen atoms in total. The third-order valence-electron chi connectivity index (χ3n) is 4.55. The van der Waals surface area contributed by atoms with Crippen molar-refractivity contribution < 1.29 is 9.59 Å². The lowest BCUT2D eigenvalue weighted by atomic mass is 9.97. The Morgan fingerprint density at radius 2 is 1.88 bits per heavy atom. The van der Waals surface area contributed by atoms with Crippen molar-refractivity contribution in [3.63, 3.8) is 0 Å². The smallest absolute Gasteiger partial charge is 0.232 e. The predicted molar refractivity (Wildman–Crippen MR) is 94.9 cm³/mol. The highest BCUT2D eigenvalue weighted by Gasteiger charge is 2.29. The second kappa shape index (κ2) is 7.30. The molecule has 1 atom stereocenters. The Morgan fingerprint density at radius 1 is 1.12 bits per heavy atom. The van der Waals surface area contributed by atoms with Crippen LogP contribution in [0.25, 0.3) is 0 Å². The maximum atomic E-state index is 12.0. The van der Waals surface area contributed by atoms with E-state index >= 15 is 0 Å². The number of fused-ring (bicyclic) bond motifs is 1. The molecule has 1 aliphatic heterocycles. The molecule has 2 N–H and O–H groups in total. The fourth-order valence-corrected chi connectivity index (χ4v) is 3.15. The number of para-hydroxylation sites is 1. The highest BCUT2D eigenvalue weighted by atomic mass is 16.2. The van der Waals surface area contributed by atoms with E-state index in [9.17, 15) is 9.59 Å². The number of aryl methyl sites for hydroxylation is 2. The summed E-state index contributed by atoms with van der Waals surface area (Å²) in [7, 11) is 0. The molecule has 2 amide bonds. The van der Waals surface area contributed by atoms with E-state index < -0.39 is 0 Å². The number of carbonyl (C=O) groups excluding carboxylic acids is 2. The highest BCUT2D eigenvalue weighted by Crippen LogP contribution is 2.33. The van der Waals surface area contributed by atoms with Gasteiger partial charge in [0.15, 0.2) is 0 Å². The number of benzene rings is 2. The van der Waals surface area contributed by atoms with Gasteiger partial charge in [0.25, 0.3) is 0 Å². The zero-order valence-electron chi connectivity index (χ0n) is 13.8. The molecule has 0 spiro atoms. The van der Waals surface area contributed by atoms with Gasteiger partial charge in [0.2, 0.25) is 11.8 Å². The minimum Gasteiger partial charge on any atom is -0.356 e. The van der Waals surface area contributed by atoms with Gasteiger partial charge in [-0.1, -0.05) is 42.5 Å². The molecular weight excluding hydrogens is 300 g/mol. The van der Waals surface area contributed by atoms with E-state index in [-0.39, 0.29) is 17.7 Å². The van der Waals surface area contributed by atoms with Crippen LogP contribution in [-0.4, -0.2) is 18.4 Å². The number of amides is 2. The predicted octanol–water partition coefficient (Wildman–Crippen LogP) is 3.17. The standard InChI is InChI=1S/C20H22N2O2/c1-14-6-2-3-7-15(14)10-11-19(23)21-13-12-17-16-8-4-5-9-18(16)22-20(17)24/h2-9,17H,10-13H2,1H3,(H,21,23)(H,22,24). The molecule has 2 aromatic carbocycles. The molecule has 0 bridgehead atoms. The fourth-order valence-electron chi connectivity index (χ4n) is 3.15. The normalized spacial score (nSPS) is 15.7. The minimum atomic E-state index is -0.169. The van der Waals surface area contributed by atoms with Crippen molar-refractivity contribution in [3.05, 3.63) is 65.2 Å². The number of hydrogen-bond donors (Lipinski definition) is 2. The maximum absolute atomic E-state index is 12.0. The Bertz CT molecular complexity index is 755. The van der Waals surface area contributed by atoms with Gasteiger partial charge in [0.05, 0.1) is 5.92 Å². The summed E-state index contributed by atoms with van der Waals surface area (Å²) in [6.07, 6.45) is 1.84. The van der Waals surface area contributed by atoms with Crippen molar-refractivity contribution >= 4 is 17.5 Å². The van der Waals surface area contributed by atoms with E-state index in [0.717, 1.165) is 17.7 Å². The number of anilines is 1.